The number of sulfone groups is 1. The molecule has 2 N–H and O–H groups in total. The molecule has 0 unspecified atom stereocenters. The van der Waals surface area contributed by atoms with E-state index in [1.807, 2.05) is 0 Å². The van der Waals surface area contributed by atoms with Crippen LogP contribution in [0.1, 0.15) is 25.7 Å². The van der Waals surface area contributed by atoms with Crippen LogP contribution in [0.5, 0.6) is 0 Å². The van der Waals surface area contributed by atoms with Crippen LogP contribution in [-0.4, -0.2) is 26.7 Å². The number of amides is 2. The molecule has 0 heterocycles. The number of hydrogen-bond acceptors (Lipinski definition) is 3. The van der Waals surface area contributed by atoms with Gasteiger partial charge in [-0.1, -0.05) is 25.0 Å². The predicted octanol–water partition coefficient (Wildman–Crippen LogP) is 2.15. The molecule has 1 aliphatic rings. The van der Waals surface area contributed by atoms with Crippen molar-refractivity contribution in [2.75, 3.05) is 11.6 Å². The molecule has 1 aromatic rings. The van der Waals surface area contributed by atoms with E-state index in [0.717, 1.165) is 31.9 Å². The predicted molar refractivity (Wildman–Crippen MR) is 74.0 cm³/mol. The fourth-order valence-electron chi connectivity index (χ4n) is 2.31. The Morgan fingerprint density at radius 2 is 1.84 bits per heavy atom. The molecule has 5 nitrogen and oxygen atoms in total. The largest absolute Gasteiger partial charge is 0.335 e. The maximum absolute atomic E-state index is 11.8. The zero-order chi connectivity index (χ0) is 13.9. The second kappa shape index (κ2) is 5.61. The second-order valence-electron chi connectivity index (χ2n) is 4.85. The molecule has 0 saturated heterocycles. The lowest BCUT2D eigenvalue weighted by Gasteiger charge is -2.14. The van der Waals surface area contributed by atoms with E-state index < -0.39 is 9.84 Å². The number of rotatable bonds is 3. The Labute approximate surface area is 113 Å². The summed E-state index contributed by atoms with van der Waals surface area (Å²) in [4.78, 5) is 12.0. The van der Waals surface area contributed by atoms with E-state index >= 15 is 0 Å². The highest BCUT2D eigenvalue weighted by Crippen LogP contribution is 2.21. The lowest BCUT2D eigenvalue weighted by atomic mass is 10.2. The smallest absolute Gasteiger partial charge is 0.319 e. The molecule has 19 heavy (non-hydrogen) atoms. The summed E-state index contributed by atoms with van der Waals surface area (Å²) in [6.07, 6.45) is 5.36. The first-order chi connectivity index (χ1) is 8.97. The first kappa shape index (κ1) is 13.9. The standard InChI is InChI=1S/C13H18N2O3S/c1-19(17,18)12-9-5-4-8-11(12)15-13(16)14-10-6-2-3-7-10/h4-5,8-10H,2-3,6-7H2,1H3,(H2,14,15,16). The van der Waals surface area contributed by atoms with Gasteiger partial charge in [-0.2, -0.15) is 0 Å². The summed E-state index contributed by atoms with van der Waals surface area (Å²) in [5.74, 6) is 0. The Bertz CT molecular complexity index is 563. The number of nitrogens with one attached hydrogen (secondary N) is 2. The van der Waals surface area contributed by atoms with Crippen molar-refractivity contribution >= 4 is 21.6 Å². The highest BCUT2D eigenvalue weighted by molar-refractivity contribution is 7.90. The van der Waals surface area contributed by atoms with E-state index in [9.17, 15) is 13.2 Å². The quantitative estimate of drug-likeness (QED) is 0.892. The number of benzene rings is 1. The summed E-state index contributed by atoms with van der Waals surface area (Å²) in [6.45, 7) is 0. The molecule has 2 amide bonds. The summed E-state index contributed by atoms with van der Waals surface area (Å²) in [5, 5.41) is 5.48. The molecule has 1 saturated carbocycles. The average molecular weight is 282 g/mol. The minimum absolute atomic E-state index is 0.136. The van der Waals surface area contributed by atoms with Gasteiger partial charge in [0.25, 0.3) is 0 Å². The summed E-state index contributed by atoms with van der Waals surface area (Å²) in [7, 11) is -3.35. The van der Waals surface area contributed by atoms with E-state index in [0.29, 0.717) is 5.69 Å². The van der Waals surface area contributed by atoms with Crippen molar-refractivity contribution in [3.8, 4) is 0 Å². The van der Waals surface area contributed by atoms with Crippen LogP contribution in [0, 0.1) is 0 Å². The molecule has 1 fully saturated rings. The zero-order valence-electron chi connectivity index (χ0n) is 10.8. The molecule has 0 aliphatic heterocycles. The van der Waals surface area contributed by atoms with E-state index in [4.69, 9.17) is 0 Å². The number of anilines is 1. The van der Waals surface area contributed by atoms with Gasteiger partial charge < -0.3 is 10.6 Å². The molecular weight excluding hydrogens is 264 g/mol. The van der Waals surface area contributed by atoms with Crippen molar-refractivity contribution in [1.29, 1.82) is 0 Å². The van der Waals surface area contributed by atoms with Gasteiger partial charge in [-0.25, -0.2) is 13.2 Å². The summed E-state index contributed by atoms with van der Waals surface area (Å²) < 4.78 is 23.2. The zero-order valence-corrected chi connectivity index (χ0v) is 11.7. The molecule has 0 aromatic heterocycles. The van der Waals surface area contributed by atoms with Gasteiger partial charge in [0.1, 0.15) is 0 Å². The van der Waals surface area contributed by atoms with Gasteiger partial charge >= 0.3 is 6.03 Å². The normalized spacial score (nSPS) is 16.3. The SMILES string of the molecule is CS(=O)(=O)c1ccccc1NC(=O)NC1CCCC1. The highest BCUT2D eigenvalue weighted by Gasteiger charge is 2.19. The van der Waals surface area contributed by atoms with Crippen molar-refractivity contribution in [2.45, 2.75) is 36.6 Å². The van der Waals surface area contributed by atoms with Crippen molar-refractivity contribution in [2.24, 2.45) is 0 Å². The van der Waals surface area contributed by atoms with Gasteiger partial charge in [-0.3, -0.25) is 0 Å². The lowest BCUT2D eigenvalue weighted by molar-refractivity contribution is 0.248. The minimum Gasteiger partial charge on any atom is -0.335 e. The van der Waals surface area contributed by atoms with E-state index in [1.165, 1.54) is 6.07 Å². The van der Waals surface area contributed by atoms with Crippen LogP contribution < -0.4 is 10.6 Å². The number of carbonyl (C=O) groups excluding carboxylic acids is 1. The average Bonchev–Trinajstić information content (AvgIpc) is 2.81. The Morgan fingerprint density at radius 3 is 2.47 bits per heavy atom. The second-order valence-corrected chi connectivity index (χ2v) is 6.83. The molecule has 2 rings (SSSR count). The van der Waals surface area contributed by atoms with Crippen molar-refractivity contribution in [3.05, 3.63) is 24.3 Å². The van der Waals surface area contributed by atoms with Gasteiger partial charge in [-0.05, 0) is 25.0 Å². The third-order valence-electron chi connectivity index (χ3n) is 3.23. The Kier molecular flexibility index (Phi) is 4.09. The third kappa shape index (κ3) is 3.70. The summed E-state index contributed by atoms with van der Waals surface area (Å²) >= 11 is 0. The van der Waals surface area contributed by atoms with Crippen LogP contribution in [0.25, 0.3) is 0 Å². The molecule has 0 radical (unpaired) electrons. The van der Waals surface area contributed by atoms with Crippen LogP contribution in [0.3, 0.4) is 0 Å². The molecule has 1 aromatic carbocycles. The fraction of sp³-hybridized carbons (Fsp3) is 0.462. The molecule has 104 valence electrons. The topological polar surface area (TPSA) is 75.3 Å². The van der Waals surface area contributed by atoms with Crippen molar-refractivity contribution in [1.82, 2.24) is 5.32 Å². The highest BCUT2D eigenvalue weighted by atomic mass is 32.2. The first-order valence-corrected chi connectivity index (χ1v) is 8.22. The lowest BCUT2D eigenvalue weighted by Crippen LogP contribution is -2.36. The Morgan fingerprint density at radius 1 is 1.21 bits per heavy atom. The Hall–Kier alpha value is -1.56. The van der Waals surface area contributed by atoms with Gasteiger partial charge in [0.05, 0.1) is 10.6 Å². The van der Waals surface area contributed by atoms with E-state index in [2.05, 4.69) is 10.6 Å². The minimum atomic E-state index is -3.35. The maximum Gasteiger partial charge on any atom is 0.319 e. The van der Waals surface area contributed by atoms with Crippen LogP contribution >= 0.6 is 0 Å². The molecule has 0 bridgehead atoms. The first-order valence-electron chi connectivity index (χ1n) is 6.33. The number of urea groups is 1. The molecule has 0 atom stereocenters. The summed E-state index contributed by atoms with van der Waals surface area (Å²) in [6, 6.07) is 6.26. The summed E-state index contributed by atoms with van der Waals surface area (Å²) in [5.41, 5.74) is 0.320. The fourth-order valence-corrected chi connectivity index (χ4v) is 3.15. The van der Waals surface area contributed by atoms with Crippen LogP contribution in [-0.2, 0) is 9.84 Å². The van der Waals surface area contributed by atoms with Gasteiger partial charge in [0.15, 0.2) is 9.84 Å². The third-order valence-corrected chi connectivity index (χ3v) is 4.38. The number of carbonyl (C=O) groups is 1. The Balaban J connectivity index is 2.08. The van der Waals surface area contributed by atoms with Gasteiger partial charge in [0, 0.05) is 12.3 Å². The molecule has 0 spiro atoms. The molecule has 1 aliphatic carbocycles. The van der Waals surface area contributed by atoms with E-state index in [-0.39, 0.29) is 17.0 Å². The van der Waals surface area contributed by atoms with Crippen molar-refractivity contribution < 1.29 is 13.2 Å². The van der Waals surface area contributed by atoms with Gasteiger partial charge in [-0.15, -0.1) is 0 Å². The number of para-hydroxylation sites is 1. The number of hydrogen-bond donors (Lipinski definition) is 2. The molecule has 6 heteroatoms. The van der Waals surface area contributed by atoms with Crippen LogP contribution in [0.2, 0.25) is 0 Å². The monoisotopic (exact) mass is 282 g/mol. The van der Waals surface area contributed by atoms with E-state index in [1.54, 1.807) is 18.2 Å². The van der Waals surface area contributed by atoms with Gasteiger partial charge in [0.2, 0.25) is 0 Å². The maximum atomic E-state index is 11.8. The van der Waals surface area contributed by atoms with Crippen LogP contribution in [0.4, 0.5) is 10.5 Å². The van der Waals surface area contributed by atoms with Crippen molar-refractivity contribution in [3.63, 3.8) is 0 Å². The molecular formula is C13H18N2O3S. The van der Waals surface area contributed by atoms with Crippen LogP contribution in [0.15, 0.2) is 29.2 Å².